The van der Waals surface area contributed by atoms with Crippen molar-refractivity contribution in [2.24, 2.45) is 0 Å². The molecule has 1 amide bonds. The van der Waals surface area contributed by atoms with Crippen molar-refractivity contribution in [3.05, 3.63) is 88.5 Å². The van der Waals surface area contributed by atoms with Gasteiger partial charge in [-0.3, -0.25) is 4.79 Å². The number of anilines is 2. The average Bonchev–Trinajstić information content (AvgIpc) is 3.64. The summed E-state index contributed by atoms with van der Waals surface area (Å²) < 4.78 is 16.0. The van der Waals surface area contributed by atoms with E-state index in [0.29, 0.717) is 53.9 Å². The summed E-state index contributed by atoms with van der Waals surface area (Å²) in [7, 11) is 7.26. The molecule has 3 N–H and O–H groups in total. The summed E-state index contributed by atoms with van der Waals surface area (Å²) in [5, 5.41) is 3.62. The maximum absolute atomic E-state index is 12.0. The summed E-state index contributed by atoms with van der Waals surface area (Å²) in [5.74, 6) is 2.02. The van der Waals surface area contributed by atoms with E-state index in [0.717, 1.165) is 32.4 Å². The first kappa shape index (κ1) is 34.9. The van der Waals surface area contributed by atoms with E-state index in [9.17, 15) is 4.79 Å². The maximum atomic E-state index is 12.0. The second-order valence-electron chi connectivity index (χ2n) is 13.0. The number of carbonyl (C=O) groups excluding carboxylic acids is 1. The second kappa shape index (κ2) is 16.2. The van der Waals surface area contributed by atoms with Gasteiger partial charge in [0.15, 0.2) is 11.5 Å². The molecule has 2 saturated heterocycles. The minimum absolute atomic E-state index is 0.0348. The van der Waals surface area contributed by atoms with Crippen molar-refractivity contribution in [1.82, 2.24) is 20.2 Å². The van der Waals surface area contributed by atoms with E-state index in [1.54, 1.807) is 31.9 Å². The fourth-order valence-electron chi connectivity index (χ4n) is 6.75. The Balaban J connectivity index is 0.000000177. The molecule has 0 saturated carbocycles. The highest BCUT2D eigenvalue weighted by Crippen LogP contribution is 2.38. The highest BCUT2D eigenvalue weighted by molar-refractivity contribution is 5.95. The molecule has 3 aliphatic rings. The quantitative estimate of drug-likeness (QED) is 0.190. The third-order valence-corrected chi connectivity index (χ3v) is 9.60. The van der Waals surface area contributed by atoms with Crippen LogP contribution in [0.1, 0.15) is 54.4 Å². The Kier molecular flexibility index (Phi) is 11.3. The highest BCUT2D eigenvalue weighted by atomic mass is 16.5. The summed E-state index contributed by atoms with van der Waals surface area (Å²) in [4.78, 5) is 25.3. The molecule has 3 aromatic carbocycles. The van der Waals surface area contributed by atoms with E-state index in [-0.39, 0.29) is 12.0 Å². The molecule has 1 unspecified atom stereocenters. The number of piperidine rings is 1. The molecule has 0 radical (unpaired) electrons. The number of benzene rings is 3. The van der Waals surface area contributed by atoms with Crippen molar-refractivity contribution in [3.63, 3.8) is 0 Å². The lowest BCUT2D eigenvalue weighted by Crippen LogP contribution is -2.36. The Labute approximate surface area is 294 Å². The monoisotopic (exact) mass is 676 g/mol. The number of nitrogens with two attached hydrogens (primary N) is 1. The van der Waals surface area contributed by atoms with Crippen LogP contribution in [0.3, 0.4) is 0 Å². The van der Waals surface area contributed by atoms with Gasteiger partial charge >= 0.3 is 0 Å². The molecule has 1 atom stereocenters. The number of hydrogen-bond acceptors (Lipinski definition) is 9. The minimum Gasteiger partial charge on any atom is -0.493 e. The van der Waals surface area contributed by atoms with Crippen LogP contribution in [0.5, 0.6) is 11.5 Å². The summed E-state index contributed by atoms with van der Waals surface area (Å²) in [6.45, 7) is 4.23. The lowest BCUT2D eigenvalue weighted by atomic mass is 9.86. The number of rotatable bonds is 8. The van der Waals surface area contributed by atoms with Gasteiger partial charge in [0, 0.05) is 51.3 Å². The molecule has 2 aliphatic heterocycles. The molecule has 1 aromatic heterocycles. The Bertz CT molecular complexity index is 1820. The van der Waals surface area contributed by atoms with Crippen LogP contribution in [0.15, 0.2) is 66.2 Å². The Hall–Kier alpha value is -4.93. The number of amides is 1. The third-order valence-electron chi connectivity index (χ3n) is 9.60. The van der Waals surface area contributed by atoms with E-state index in [4.69, 9.17) is 19.9 Å². The molecule has 262 valence electrons. The van der Waals surface area contributed by atoms with Crippen LogP contribution in [0, 0.1) is 0 Å². The summed E-state index contributed by atoms with van der Waals surface area (Å²) in [6.07, 6.45) is 9.06. The fraction of sp³-hybridized carbons (Fsp3) is 0.375. The average molecular weight is 677 g/mol. The van der Waals surface area contributed by atoms with Crippen LogP contribution >= 0.6 is 0 Å². The van der Waals surface area contributed by atoms with Crippen LogP contribution < -0.4 is 25.4 Å². The molecule has 1 aliphatic carbocycles. The number of methoxy groups -OCH3 is 2. The number of likely N-dealkylation sites (tertiary alicyclic amines) is 1. The Morgan fingerprint density at radius 3 is 2.24 bits per heavy atom. The molecular formula is C40H48N6O4. The number of hydrogen-bond donors (Lipinski definition) is 2. The maximum Gasteiger partial charge on any atom is 0.249 e. The smallest absolute Gasteiger partial charge is 0.249 e. The van der Waals surface area contributed by atoms with Crippen molar-refractivity contribution >= 4 is 46.3 Å². The standard InChI is InChI=1S/C21H21N.C19H27N5O4/c1-22-14-12-18(13-15-22)21-19-8-4-2-6-16(19)10-11-17-7-3-5-9-20(17)21;1-24(8-5-7-21-18(25)14-6-4-9-28-14)19-22-13-11-16(27-3)15(26-2)10-12(13)17(20)23-19/h2-11H,12-15H2,1H3;10-11,14H,4-9H2,1-3H3,(H,21,25)(H2,20,22,23). The van der Waals surface area contributed by atoms with E-state index in [2.05, 4.69) is 87.9 Å². The topological polar surface area (TPSA) is 115 Å². The SMILES string of the molecule is CN1CCC(=C2c3ccccc3C=Cc3ccccc32)CC1.COc1cc2nc(N(C)CCCNC(=O)C3CCCO3)nc(N)c2cc1OC. The number of fused-ring (bicyclic) bond motifs is 3. The van der Waals surface area contributed by atoms with Crippen molar-refractivity contribution in [3.8, 4) is 11.5 Å². The minimum atomic E-state index is -0.298. The summed E-state index contributed by atoms with van der Waals surface area (Å²) in [6, 6.07) is 21.2. The lowest BCUT2D eigenvalue weighted by molar-refractivity contribution is -0.130. The number of nitrogen functional groups attached to an aromatic ring is 1. The van der Waals surface area contributed by atoms with Gasteiger partial charge in [-0.15, -0.1) is 0 Å². The van der Waals surface area contributed by atoms with Gasteiger partial charge in [0.2, 0.25) is 11.9 Å². The van der Waals surface area contributed by atoms with Crippen LogP contribution in [0.4, 0.5) is 11.8 Å². The fourth-order valence-corrected chi connectivity index (χ4v) is 6.75. The number of nitrogens with one attached hydrogen (secondary N) is 1. The second-order valence-corrected chi connectivity index (χ2v) is 13.0. The summed E-state index contributed by atoms with van der Waals surface area (Å²) in [5.41, 5.74) is 15.3. The zero-order valence-corrected chi connectivity index (χ0v) is 29.6. The number of ether oxygens (including phenoxy) is 3. The molecule has 0 bridgehead atoms. The largest absolute Gasteiger partial charge is 0.493 e. The van der Waals surface area contributed by atoms with Crippen LogP contribution in [-0.4, -0.2) is 88.0 Å². The molecule has 3 heterocycles. The van der Waals surface area contributed by atoms with Gasteiger partial charge in [-0.1, -0.05) is 66.3 Å². The van der Waals surface area contributed by atoms with E-state index in [1.165, 1.54) is 40.7 Å². The van der Waals surface area contributed by atoms with Gasteiger partial charge in [-0.25, -0.2) is 4.98 Å². The lowest BCUT2D eigenvalue weighted by Gasteiger charge is -2.27. The molecule has 50 heavy (non-hydrogen) atoms. The third kappa shape index (κ3) is 7.93. The number of nitrogens with zero attached hydrogens (tertiary/aromatic N) is 4. The van der Waals surface area contributed by atoms with E-state index >= 15 is 0 Å². The first-order valence-electron chi connectivity index (χ1n) is 17.4. The first-order chi connectivity index (χ1) is 24.4. The van der Waals surface area contributed by atoms with Gasteiger partial charge in [-0.05, 0) is 73.0 Å². The van der Waals surface area contributed by atoms with Crippen LogP contribution in [0.2, 0.25) is 0 Å². The van der Waals surface area contributed by atoms with E-state index in [1.807, 2.05) is 11.9 Å². The van der Waals surface area contributed by atoms with Gasteiger partial charge in [0.05, 0.1) is 19.7 Å². The van der Waals surface area contributed by atoms with Gasteiger partial charge in [0.1, 0.15) is 11.9 Å². The predicted octanol–water partition coefficient (Wildman–Crippen LogP) is 6.05. The van der Waals surface area contributed by atoms with Gasteiger partial charge < -0.3 is 35.1 Å². The van der Waals surface area contributed by atoms with E-state index < -0.39 is 0 Å². The van der Waals surface area contributed by atoms with Crippen LogP contribution in [0.25, 0.3) is 28.6 Å². The molecule has 10 nitrogen and oxygen atoms in total. The van der Waals surface area contributed by atoms with Crippen molar-refractivity contribution in [2.75, 3.05) is 71.7 Å². The normalized spacial score (nSPS) is 16.9. The molecular weight excluding hydrogens is 628 g/mol. The highest BCUT2D eigenvalue weighted by Gasteiger charge is 2.23. The van der Waals surface area contributed by atoms with Crippen molar-refractivity contribution in [1.29, 1.82) is 0 Å². The van der Waals surface area contributed by atoms with Gasteiger partial charge in [0.25, 0.3) is 0 Å². The van der Waals surface area contributed by atoms with Crippen molar-refractivity contribution in [2.45, 2.75) is 38.2 Å². The first-order valence-corrected chi connectivity index (χ1v) is 17.4. The summed E-state index contributed by atoms with van der Waals surface area (Å²) >= 11 is 0. The Morgan fingerprint density at radius 2 is 1.62 bits per heavy atom. The van der Waals surface area contributed by atoms with Crippen molar-refractivity contribution < 1.29 is 19.0 Å². The molecule has 2 fully saturated rings. The molecule has 10 heteroatoms. The number of carbonyl (C=O) groups is 1. The zero-order chi connectivity index (χ0) is 35.0. The molecule has 0 spiro atoms. The predicted molar refractivity (Wildman–Crippen MR) is 201 cm³/mol. The number of aromatic nitrogens is 2. The molecule has 7 rings (SSSR count). The van der Waals surface area contributed by atoms with Gasteiger partial charge in [-0.2, -0.15) is 4.98 Å². The Morgan fingerprint density at radius 1 is 0.980 bits per heavy atom. The van der Waals surface area contributed by atoms with Crippen LogP contribution in [-0.2, 0) is 9.53 Å². The zero-order valence-electron chi connectivity index (χ0n) is 29.6. The molecule has 4 aromatic rings.